The molecule has 0 aliphatic rings. The third kappa shape index (κ3) is 6.69. The van der Waals surface area contributed by atoms with E-state index in [4.69, 9.17) is 16.2 Å². The molecule has 1 atom stereocenters. The van der Waals surface area contributed by atoms with Crippen molar-refractivity contribution in [3.8, 4) is 5.75 Å². The molecule has 0 aliphatic carbocycles. The van der Waals surface area contributed by atoms with Crippen molar-refractivity contribution >= 4 is 5.91 Å². The van der Waals surface area contributed by atoms with Crippen LogP contribution in [-0.4, -0.2) is 25.1 Å². The summed E-state index contributed by atoms with van der Waals surface area (Å²) >= 11 is 0. The molecule has 1 aromatic rings. The average molecular weight is 282 g/mol. The minimum atomic E-state index is -0.807. The molecule has 0 radical (unpaired) electrons. The molecule has 0 aliphatic heterocycles. The molecular weight excluding hydrogens is 260 g/mol. The SMILES string of the molecule is CC.NCCOc1ccc(C[C@H](NN=O)C(N)=O)cc1. The molecule has 7 nitrogen and oxygen atoms in total. The van der Waals surface area contributed by atoms with E-state index in [-0.39, 0.29) is 6.42 Å². The van der Waals surface area contributed by atoms with Crippen LogP contribution in [0.2, 0.25) is 0 Å². The average Bonchev–Trinajstić information content (AvgIpc) is 2.48. The highest BCUT2D eigenvalue weighted by Gasteiger charge is 2.15. The van der Waals surface area contributed by atoms with Crippen LogP contribution in [0.1, 0.15) is 19.4 Å². The molecule has 0 fully saturated rings. The molecule has 20 heavy (non-hydrogen) atoms. The van der Waals surface area contributed by atoms with Gasteiger partial charge in [-0.15, -0.1) is 4.91 Å². The fraction of sp³-hybridized carbons (Fsp3) is 0.462. The molecule has 0 saturated carbocycles. The molecule has 1 amide bonds. The molecule has 1 aromatic carbocycles. The van der Waals surface area contributed by atoms with Gasteiger partial charge in [-0.05, 0) is 17.7 Å². The van der Waals surface area contributed by atoms with Crippen LogP contribution >= 0.6 is 0 Å². The second kappa shape index (κ2) is 10.7. The van der Waals surface area contributed by atoms with Crippen LogP contribution in [-0.2, 0) is 11.2 Å². The highest BCUT2D eigenvalue weighted by atomic mass is 16.5. The van der Waals surface area contributed by atoms with E-state index in [1.165, 1.54) is 0 Å². The Kier molecular flexibility index (Phi) is 9.59. The first-order chi connectivity index (χ1) is 9.67. The summed E-state index contributed by atoms with van der Waals surface area (Å²) in [4.78, 5) is 21.1. The summed E-state index contributed by atoms with van der Waals surface area (Å²) in [6.07, 6.45) is 0.290. The number of benzene rings is 1. The van der Waals surface area contributed by atoms with E-state index >= 15 is 0 Å². The number of carbonyl (C=O) groups is 1. The Hall–Kier alpha value is -2.15. The van der Waals surface area contributed by atoms with Gasteiger partial charge in [0.1, 0.15) is 18.4 Å². The lowest BCUT2D eigenvalue weighted by Crippen LogP contribution is -2.40. The molecule has 0 spiro atoms. The summed E-state index contributed by atoms with van der Waals surface area (Å²) in [5, 5.41) is 2.47. The van der Waals surface area contributed by atoms with Gasteiger partial charge in [-0.25, -0.2) is 0 Å². The highest BCUT2D eigenvalue weighted by Crippen LogP contribution is 2.13. The monoisotopic (exact) mass is 282 g/mol. The normalized spacial score (nSPS) is 10.8. The van der Waals surface area contributed by atoms with Crippen LogP contribution < -0.4 is 21.6 Å². The molecule has 0 unspecified atom stereocenters. The Morgan fingerprint density at radius 3 is 2.40 bits per heavy atom. The highest BCUT2D eigenvalue weighted by molar-refractivity contribution is 5.80. The minimum absolute atomic E-state index is 0.290. The summed E-state index contributed by atoms with van der Waals surface area (Å²) in [5.74, 6) is 0.0688. The number of nitroso groups, excluding NO2 is 1. The van der Waals surface area contributed by atoms with Gasteiger partial charge in [0.25, 0.3) is 0 Å². The summed E-state index contributed by atoms with van der Waals surface area (Å²) < 4.78 is 5.31. The molecule has 0 bridgehead atoms. The number of amides is 1. The molecule has 1 rings (SSSR count). The predicted octanol–water partition coefficient (Wildman–Crippen LogP) is 0.718. The van der Waals surface area contributed by atoms with Gasteiger partial charge in [0, 0.05) is 13.0 Å². The number of ether oxygens (including phenoxy) is 1. The van der Waals surface area contributed by atoms with E-state index < -0.39 is 11.9 Å². The summed E-state index contributed by atoms with van der Waals surface area (Å²) in [6, 6.07) is 6.29. The number of hydrogen-bond acceptors (Lipinski definition) is 5. The maximum Gasteiger partial charge on any atom is 0.242 e. The second-order valence-electron chi connectivity index (χ2n) is 3.66. The standard InChI is InChI=1S/C11H16N4O3.C2H6/c12-5-6-18-9-3-1-8(2-4-9)7-10(11(13)16)14-15-17;1-2/h1-4,10H,5-7,12H2,(H2,13,16)(H,14,17);1-2H3/t10-;/m0./s1. The Labute approximate surface area is 118 Å². The molecule has 0 heterocycles. The lowest BCUT2D eigenvalue weighted by Gasteiger charge is -2.11. The van der Waals surface area contributed by atoms with Crippen molar-refractivity contribution in [2.75, 3.05) is 13.2 Å². The number of hydrogen-bond donors (Lipinski definition) is 3. The Morgan fingerprint density at radius 1 is 1.35 bits per heavy atom. The van der Waals surface area contributed by atoms with Crippen LogP contribution in [0.4, 0.5) is 0 Å². The predicted molar refractivity (Wildman–Crippen MR) is 78.0 cm³/mol. The smallest absolute Gasteiger partial charge is 0.242 e. The van der Waals surface area contributed by atoms with E-state index in [1.807, 2.05) is 13.8 Å². The van der Waals surface area contributed by atoms with E-state index in [2.05, 4.69) is 10.7 Å². The van der Waals surface area contributed by atoms with E-state index in [0.29, 0.717) is 18.9 Å². The van der Waals surface area contributed by atoms with Crippen LogP contribution in [0, 0.1) is 4.91 Å². The molecule has 5 N–H and O–H groups in total. The van der Waals surface area contributed by atoms with Crippen molar-refractivity contribution in [3.05, 3.63) is 34.7 Å². The zero-order valence-electron chi connectivity index (χ0n) is 11.8. The zero-order chi connectivity index (χ0) is 15.4. The lowest BCUT2D eigenvalue weighted by atomic mass is 10.1. The van der Waals surface area contributed by atoms with E-state index in [0.717, 1.165) is 5.56 Å². The number of nitrogens with one attached hydrogen (secondary N) is 1. The largest absolute Gasteiger partial charge is 0.492 e. The summed E-state index contributed by atoms with van der Waals surface area (Å²) in [6.45, 7) is 4.89. The van der Waals surface area contributed by atoms with Crippen LogP contribution in [0.25, 0.3) is 0 Å². The van der Waals surface area contributed by atoms with Crippen molar-refractivity contribution in [1.29, 1.82) is 0 Å². The third-order valence-corrected chi connectivity index (χ3v) is 2.30. The summed E-state index contributed by atoms with van der Waals surface area (Å²) in [7, 11) is 0. The Bertz CT molecular complexity index is 395. The van der Waals surface area contributed by atoms with Gasteiger partial charge in [0.05, 0.1) is 5.29 Å². The van der Waals surface area contributed by atoms with Gasteiger partial charge >= 0.3 is 0 Å². The second-order valence-corrected chi connectivity index (χ2v) is 3.66. The van der Waals surface area contributed by atoms with Gasteiger partial charge in [-0.2, -0.15) is 0 Å². The maximum absolute atomic E-state index is 11.0. The maximum atomic E-state index is 11.0. The fourth-order valence-electron chi connectivity index (χ4n) is 1.41. The molecule has 7 heteroatoms. The first-order valence-electron chi connectivity index (χ1n) is 6.46. The lowest BCUT2D eigenvalue weighted by molar-refractivity contribution is -0.120. The van der Waals surface area contributed by atoms with Gasteiger partial charge in [-0.1, -0.05) is 26.0 Å². The van der Waals surface area contributed by atoms with Crippen molar-refractivity contribution in [2.24, 2.45) is 16.8 Å². The van der Waals surface area contributed by atoms with Crippen LogP contribution in [0.15, 0.2) is 29.6 Å². The Morgan fingerprint density at radius 2 is 1.95 bits per heavy atom. The van der Waals surface area contributed by atoms with Gasteiger partial charge < -0.3 is 16.2 Å². The molecular formula is C13H22N4O3. The molecule has 0 aromatic heterocycles. The summed E-state index contributed by atoms with van der Waals surface area (Å²) in [5.41, 5.74) is 13.4. The molecule has 112 valence electrons. The minimum Gasteiger partial charge on any atom is -0.492 e. The van der Waals surface area contributed by atoms with Gasteiger partial charge in [-0.3, -0.25) is 10.2 Å². The van der Waals surface area contributed by atoms with Crippen molar-refractivity contribution < 1.29 is 9.53 Å². The Balaban J connectivity index is 0.00000172. The number of nitrogens with two attached hydrogens (primary N) is 2. The van der Waals surface area contributed by atoms with Gasteiger partial charge in [0.15, 0.2) is 0 Å². The fourth-order valence-corrected chi connectivity index (χ4v) is 1.41. The first-order valence-corrected chi connectivity index (χ1v) is 6.46. The van der Waals surface area contributed by atoms with Crippen LogP contribution in [0.3, 0.4) is 0 Å². The van der Waals surface area contributed by atoms with Crippen molar-refractivity contribution in [2.45, 2.75) is 26.3 Å². The van der Waals surface area contributed by atoms with E-state index in [1.54, 1.807) is 24.3 Å². The van der Waals surface area contributed by atoms with Gasteiger partial charge in [0.2, 0.25) is 5.91 Å². The number of rotatable bonds is 8. The number of nitrogens with zero attached hydrogens (tertiary/aromatic N) is 1. The first kappa shape index (κ1) is 17.8. The molecule has 0 saturated heterocycles. The number of primary amides is 1. The van der Waals surface area contributed by atoms with Crippen molar-refractivity contribution in [3.63, 3.8) is 0 Å². The zero-order valence-corrected chi connectivity index (χ0v) is 11.8. The quantitative estimate of drug-likeness (QED) is 0.479. The third-order valence-electron chi connectivity index (χ3n) is 2.30. The number of carbonyl (C=O) groups excluding carboxylic acids is 1. The van der Waals surface area contributed by atoms with Crippen molar-refractivity contribution in [1.82, 2.24) is 5.43 Å². The van der Waals surface area contributed by atoms with Crippen LogP contribution in [0.5, 0.6) is 5.75 Å². The topological polar surface area (TPSA) is 120 Å². The van der Waals surface area contributed by atoms with E-state index in [9.17, 15) is 9.70 Å².